The summed E-state index contributed by atoms with van der Waals surface area (Å²) in [6, 6.07) is 18.7. The Morgan fingerprint density at radius 3 is 2.38 bits per heavy atom. The molecule has 0 fully saturated rings. The number of aryl methyl sites for hydroxylation is 2. The highest BCUT2D eigenvalue weighted by atomic mass is 79.9. The summed E-state index contributed by atoms with van der Waals surface area (Å²) in [5.41, 5.74) is 5.21. The predicted molar refractivity (Wildman–Crippen MR) is 110 cm³/mol. The average molecular weight is 408 g/mol. The lowest BCUT2D eigenvalue weighted by Crippen LogP contribution is -1.83. The van der Waals surface area contributed by atoms with Gasteiger partial charge in [-0.05, 0) is 83.4 Å². The number of rotatable bonds is 4. The van der Waals surface area contributed by atoms with Crippen molar-refractivity contribution >= 4 is 39.2 Å². The summed E-state index contributed by atoms with van der Waals surface area (Å²) < 4.78 is 0.874. The van der Waals surface area contributed by atoms with Crippen LogP contribution in [0.3, 0.4) is 0 Å². The molecule has 0 aromatic heterocycles. The number of hydrogen-bond donors (Lipinski definition) is 1. The van der Waals surface area contributed by atoms with Crippen LogP contribution >= 0.6 is 15.9 Å². The van der Waals surface area contributed by atoms with Crippen LogP contribution in [-0.4, -0.2) is 11.3 Å². The Labute approximate surface area is 161 Å². The van der Waals surface area contributed by atoms with E-state index in [-0.39, 0.29) is 5.75 Å². The second-order valence-electron chi connectivity index (χ2n) is 5.92. The van der Waals surface area contributed by atoms with E-state index in [9.17, 15) is 5.11 Å². The number of hydrogen-bond acceptors (Lipinski definition) is 4. The van der Waals surface area contributed by atoms with Crippen molar-refractivity contribution in [1.29, 1.82) is 0 Å². The molecule has 0 bridgehead atoms. The minimum absolute atomic E-state index is 0.150. The first-order valence-electron chi connectivity index (χ1n) is 8.13. The molecular weight excluding hydrogens is 390 g/mol. The standard InChI is InChI=1S/C21H18BrN3O/c1-14-7-8-17(11-15(14)2)23-13-16-12-18(9-10-21(16)26)24-25-20-6-4-3-5-19(20)22/h3-13,26H,1-2H3. The number of halogens is 1. The Kier molecular flexibility index (Phi) is 5.58. The van der Waals surface area contributed by atoms with Crippen LogP contribution < -0.4 is 0 Å². The number of nitrogens with zero attached hydrogens (tertiary/aromatic N) is 3. The van der Waals surface area contributed by atoms with Crippen LogP contribution in [0.15, 0.2) is 80.4 Å². The zero-order chi connectivity index (χ0) is 18.5. The molecule has 0 radical (unpaired) electrons. The monoisotopic (exact) mass is 407 g/mol. The van der Waals surface area contributed by atoms with E-state index in [1.807, 2.05) is 42.5 Å². The van der Waals surface area contributed by atoms with Crippen molar-refractivity contribution in [2.45, 2.75) is 13.8 Å². The van der Waals surface area contributed by atoms with E-state index in [2.05, 4.69) is 45.0 Å². The van der Waals surface area contributed by atoms with Crippen LogP contribution in [0.25, 0.3) is 0 Å². The summed E-state index contributed by atoms with van der Waals surface area (Å²) >= 11 is 3.44. The maximum atomic E-state index is 10.1. The quantitative estimate of drug-likeness (QED) is 0.369. The normalized spacial score (nSPS) is 11.5. The highest BCUT2D eigenvalue weighted by Gasteiger charge is 2.02. The molecular formula is C21H18BrN3O. The number of azo groups is 1. The molecule has 26 heavy (non-hydrogen) atoms. The van der Waals surface area contributed by atoms with E-state index in [4.69, 9.17) is 0 Å². The van der Waals surface area contributed by atoms with Crippen LogP contribution in [0.1, 0.15) is 16.7 Å². The molecule has 5 heteroatoms. The Morgan fingerprint density at radius 2 is 1.62 bits per heavy atom. The topological polar surface area (TPSA) is 57.3 Å². The number of phenols is 1. The van der Waals surface area contributed by atoms with Crippen molar-refractivity contribution in [2.24, 2.45) is 15.2 Å². The Balaban J connectivity index is 1.84. The SMILES string of the molecule is Cc1ccc(N=Cc2cc(N=Nc3ccccc3Br)ccc2O)cc1C. The summed E-state index contributed by atoms with van der Waals surface area (Å²) in [6.45, 7) is 4.11. The van der Waals surface area contributed by atoms with Gasteiger partial charge in [0.15, 0.2) is 0 Å². The highest BCUT2D eigenvalue weighted by Crippen LogP contribution is 2.28. The van der Waals surface area contributed by atoms with Gasteiger partial charge in [0.05, 0.1) is 17.1 Å². The molecule has 0 amide bonds. The number of benzene rings is 3. The van der Waals surface area contributed by atoms with E-state index in [0.29, 0.717) is 11.3 Å². The van der Waals surface area contributed by atoms with Gasteiger partial charge < -0.3 is 5.11 Å². The van der Waals surface area contributed by atoms with Crippen LogP contribution in [0, 0.1) is 13.8 Å². The first kappa shape index (κ1) is 18.0. The summed E-state index contributed by atoms with van der Waals surface area (Å²) in [5, 5.41) is 18.6. The van der Waals surface area contributed by atoms with Gasteiger partial charge in [0, 0.05) is 16.3 Å². The Hall–Kier alpha value is -2.79. The van der Waals surface area contributed by atoms with Gasteiger partial charge in [-0.2, -0.15) is 5.11 Å². The molecule has 0 saturated carbocycles. The Morgan fingerprint density at radius 1 is 0.846 bits per heavy atom. The van der Waals surface area contributed by atoms with Crippen molar-refractivity contribution in [3.8, 4) is 5.75 Å². The largest absolute Gasteiger partial charge is 0.507 e. The summed E-state index contributed by atoms with van der Waals surface area (Å²) in [5.74, 6) is 0.150. The molecule has 0 aliphatic rings. The fourth-order valence-corrected chi connectivity index (χ4v) is 2.67. The van der Waals surface area contributed by atoms with Crippen LogP contribution in [-0.2, 0) is 0 Å². The van der Waals surface area contributed by atoms with Gasteiger partial charge in [-0.1, -0.05) is 18.2 Å². The van der Waals surface area contributed by atoms with Crippen molar-refractivity contribution in [3.63, 3.8) is 0 Å². The first-order valence-corrected chi connectivity index (χ1v) is 8.93. The van der Waals surface area contributed by atoms with Gasteiger partial charge in [0.1, 0.15) is 5.75 Å². The molecule has 0 saturated heterocycles. The second-order valence-corrected chi connectivity index (χ2v) is 6.78. The van der Waals surface area contributed by atoms with Gasteiger partial charge in [-0.3, -0.25) is 4.99 Å². The summed E-state index contributed by atoms with van der Waals surface area (Å²) in [4.78, 5) is 4.45. The third-order valence-electron chi connectivity index (χ3n) is 3.98. The molecule has 0 atom stereocenters. The maximum absolute atomic E-state index is 10.1. The van der Waals surface area contributed by atoms with Crippen molar-refractivity contribution in [2.75, 3.05) is 0 Å². The molecule has 0 aliphatic heterocycles. The average Bonchev–Trinajstić information content (AvgIpc) is 2.64. The molecule has 3 aromatic carbocycles. The van der Waals surface area contributed by atoms with E-state index in [0.717, 1.165) is 15.8 Å². The van der Waals surface area contributed by atoms with Crippen molar-refractivity contribution in [3.05, 3.63) is 81.8 Å². The van der Waals surface area contributed by atoms with E-state index < -0.39 is 0 Å². The van der Waals surface area contributed by atoms with Gasteiger partial charge in [0.25, 0.3) is 0 Å². The van der Waals surface area contributed by atoms with Crippen LogP contribution in [0.5, 0.6) is 5.75 Å². The van der Waals surface area contributed by atoms with E-state index >= 15 is 0 Å². The van der Waals surface area contributed by atoms with Gasteiger partial charge in [-0.15, -0.1) is 5.11 Å². The number of aromatic hydroxyl groups is 1. The second kappa shape index (κ2) is 8.06. The molecule has 0 unspecified atom stereocenters. The molecule has 0 spiro atoms. The lowest BCUT2D eigenvalue weighted by Gasteiger charge is -2.02. The summed E-state index contributed by atoms with van der Waals surface area (Å²) in [7, 11) is 0. The van der Waals surface area contributed by atoms with Crippen molar-refractivity contribution < 1.29 is 5.11 Å². The molecule has 0 heterocycles. The third kappa shape index (κ3) is 4.43. The lowest BCUT2D eigenvalue weighted by molar-refractivity contribution is 0.474. The summed E-state index contributed by atoms with van der Waals surface area (Å²) in [6.07, 6.45) is 1.64. The minimum atomic E-state index is 0.150. The molecule has 3 rings (SSSR count). The van der Waals surface area contributed by atoms with Crippen LogP contribution in [0.4, 0.5) is 17.1 Å². The number of phenolic OH excluding ortho intramolecular Hbond substituents is 1. The van der Waals surface area contributed by atoms with Gasteiger partial charge in [-0.25, -0.2) is 0 Å². The van der Waals surface area contributed by atoms with E-state index in [1.165, 1.54) is 11.1 Å². The van der Waals surface area contributed by atoms with E-state index in [1.54, 1.807) is 24.4 Å². The Bertz CT molecular complexity index is 996. The molecule has 1 N–H and O–H groups in total. The molecule has 3 aromatic rings. The third-order valence-corrected chi connectivity index (χ3v) is 4.65. The predicted octanol–water partition coefficient (Wildman–Crippen LogP) is 6.94. The first-order chi connectivity index (χ1) is 12.5. The minimum Gasteiger partial charge on any atom is -0.507 e. The van der Waals surface area contributed by atoms with Crippen LogP contribution in [0.2, 0.25) is 0 Å². The fraction of sp³-hybridized carbons (Fsp3) is 0.0952. The molecule has 4 nitrogen and oxygen atoms in total. The molecule has 130 valence electrons. The lowest BCUT2D eigenvalue weighted by atomic mass is 10.1. The van der Waals surface area contributed by atoms with Crippen molar-refractivity contribution in [1.82, 2.24) is 0 Å². The fourth-order valence-electron chi connectivity index (χ4n) is 2.30. The maximum Gasteiger partial charge on any atom is 0.124 e. The highest BCUT2D eigenvalue weighted by molar-refractivity contribution is 9.10. The van der Waals surface area contributed by atoms with Gasteiger partial charge in [0.2, 0.25) is 0 Å². The smallest absolute Gasteiger partial charge is 0.124 e. The zero-order valence-electron chi connectivity index (χ0n) is 14.5. The number of aliphatic imine (C=N–C) groups is 1. The van der Waals surface area contributed by atoms with Gasteiger partial charge >= 0.3 is 0 Å². The zero-order valence-corrected chi connectivity index (χ0v) is 16.1. The molecule has 0 aliphatic carbocycles.